The summed E-state index contributed by atoms with van der Waals surface area (Å²) in [5.74, 6) is 0.538. The van der Waals surface area contributed by atoms with Crippen molar-refractivity contribution in [3.8, 4) is 0 Å². The first-order valence-electron chi connectivity index (χ1n) is 10.6. The van der Waals surface area contributed by atoms with Crippen LogP contribution in [0.15, 0.2) is 40.8 Å². The maximum atomic E-state index is 13.0. The molecule has 0 spiro atoms. The van der Waals surface area contributed by atoms with E-state index in [9.17, 15) is 22.8 Å². The first kappa shape index (κ1) is 22.4. The average molecular weight is 450 g/mol. The van der Waals surface area contributed by atoms with Crippen LogP contribution in [0.1, 0.15) is 51.5 Å². The standard InChI is InChI=1S/C23H25F3N2O4/c1-31-14-18-8-9-20(32-18)22(30)28-11-2-3-16-13-27(12-10-19(16)28)21(29)15-4-6-17(7-5-15)23(24,25)26/h4-9,16,19H,2-3,10-14H2,1H3/t16-,19+/m1/s1. The summed E-state index contributed by atoms with van der Waals surface area (Å²) in [7, 11) is 1.55. The highest BCUT2D eigenvalue weighted by atomic mass is 19.4. The van der Waals surface area contributed by atoms with E-state index < -0.39 is 11.7 Å². The number of carbonyl (C=O) groups is 2. The molecule has 0 unspecified atom stereocenters. The number of halogens is 3. The minimum Gasteiger partial charge on any atom is -0.453 e. The Balaban J connectivity index is 1.42. The zero-order chi connectivity index (χ0) is 22.9. The lowest BCUT2D eigenvalue weighted by Crippen LogP contribution is -2.56. The third-order valence-corrected chi connectivity index (χ3v) is 6.23. The molecule has 0 saturated carbocycles. The highest BCUT2D eigenvalue weighted by Crippen LogP contribution is 2.33. The fraction of sp³-hybridized carbons (Fsp3) is 0.478. The molecule has 3 heterocycles. The van der Waals surface area contributed by atoms with Gasteiger partial charge >= 0.3 is 6.18 Å². The van der Waals surface area contributed by atoms with Crippen LogP contribution in [0, 0.1) is 5.92 Å². The van der Waals surface area contributed by atoms with Crippen molar-refractivity contribution >= 4 is 11.8 Å². The van der Waals surface area contributed by atoms with Crippen LogP contribution in [-0.4, -0.2) is 54.4 Å². The Bertz CT molecular complexity index is 970. The lowest BCUT2D eigenvalue weighted by atomic mass is 9.83. The van der Waals surface area contributed by atoms with E-state index >= 15 is 0 Å². The monoisotopic (exact) mass is 450 g/mol. The van der Waals surface area contributed by atoms with Gasteiger partial charge in [0.15, 0.2) is 5.76 Å². The Hall–Kier alpha value is -2.81. The third-order valence-electron chi connectivity index (χ3n) is 6.23. The van der Waals surface area contributed by atoms with Crippen molar-refractivity contribution in [1.29, 1.82) is 0 Å². The summed E-state index contributed by atoms with van der Waals surface area (Å²) >= 11 is 0. The van der Waals surface area contributed by atoms with Crippen LogP contribution in [0.5, 0.6) is 0 Å². The molecule has 2 fully saturated rings. The molecule has 2 atom stereocenters. The molecule has 6 nitrogen and oxygen atoms in total. The van der Waals surface area contributed by atoms with E-state index in [4.69, 9.17) is 9.15 Å². The Labute approximate surface area is 183 Å². The van der Waals surface area contributed by atoms with Gasteiger partial charge in [-0.2, -0.15) is 13.2 Å². The average Bonchev–Trinajstić information content (AvgIpc) is 3.26. The number of carbonyl (C=O) groups excluding carboxylic acids is 2. The summed E-state index contributed by atoms with van der Waals surface area (Å²) in [6.07, 6.45) is -2.11. The molecule has 1 aromatic carbocycles. The zero-order valence-corrected chi connectivity index (χ0v) is 17.7. The predicted molar refractivity (Wildman–Crippen MR) is 109 cm³/mol. The van der Waals surface area contributed by atoms with E-state index in [1.165, 1.54) is 12.1 Å². The Morgan fingerprint density at radius 3 is 2.50 bits per heavy atom. The number of nitrogens with zero attached hydrogens (tertiary/aromatic N) is 2. The van der Waals surface area contributed by atoms with Crippen molar-refractivity contribution < 1.29 is 31.9 Å². The number of hydrogen-bond acceptors (Lipinski definition) is 4. The second kappa shape index (κ2) is 8.97. The van der Waals surface area contributed by atoms with Gasteiger partial charge in [0.2, 0.25) is 0 Å². The SMILES string of the molecule is COCc1ccc(C(=O)N2CCC[C@@H]3CN(C(=O)c4ccc(C(F)(F)F)cc4)CC[C@@H]32)o1. The molecular weight excluding hydrogens is 425 g/mol. The Kier molecular flexibility index (Phi) is 6.28. The molecule has 9 heteroatoms. The molecule has 1 aromatic heterocycles. The van der Waals surface area contributed by atoms with E-state index in [1.807, 2.05) is 4.90 Å². The number of furan rings is 1. The molecule has 2 aliphatic rings. The highest BCUT2D eigenvalue weighted by molar-refractivity contribution is 5.94. The molecule has 0 aliphatic carbocycles. The van der Waals surface area contributed by atoms with Gasteiger partial charge in [-0.05, 0) is 61.6 Å². The Morgan fingerprint density at radius 1 is 1.06 bits per heavy atom. The number of amides is 2. The van der Waals surface area contributed by atoms with Crippen LogP contribution in [0.25, 0.3) is 0 Å². The van der Waals surface area contributed by atoms with Gasteiger partial charge in [-0.25, -0.2) is 0 Å². The quantitative estimate of drug-likeness (QED) is 0.700. The third kappa shape index (κ3) is 4.53. The number of hydrogen-bond donors (Lipinski definition) is 0. The van der Waals surface area contributed by atoms with Crippen molar-refractivity contribution in [2.45, 2.75) is 38.1 Å². The molecular formula is C23H25F3N2O4. The van der Waals surface area contributed by atoms with Crippen LogP contribution in [0.4, 0.5) is 13.2 Å². The zero-order valence-electron chi connectivity index (χ0n) is 17.7. The van der Waals surface area contributed by atoms with E-state index in [2.05, 4.69) is 0 Å². The minimum absolute atomic E-state index is 0.00359. The lowest BCUT2D eigenvalue weighted by Gasteiger charge is -2.47. The molecule has 2 aromatic rings. The number of methoxy groups -OCH3 is 1. The fourth-order valence-electron chi connectivity index (χ4n) is 4.68. The number of benzene rings is 1. The van der Waals surface area contributed by atoms with Crippen molar-refractivity contribution in [3.63, 3.8) is 0 Å². The smallest absolute Gasteiger partial charge is 0.416 e. The van der Waals surface area contributed by atoms with Gasteiger partial charge in [-0.1, -0.05) is 0 Å². The number of piperidine rings is 2. The van der Waals surface area contributed by atoms with Gasteiger partial charge in [-0.3, -0.25) is 9.59 Å². The molecule has 0 bridgehead atoms. The van der Waals surface area contributed by atoms with Gasteiger partial charge in [0, 0.05) is 38.3 Å². The van der Waals surface area contributed by atoms with Gasteiger partial charge in [0.1, 0.15) is 12.4 Å². The number of ether oxygens (including phenoxy) is 1. The number of likely N-dealkylation sites (tertiary alicyclic amines) is 2. The summed E-state index contributed by atoms with van der Waals surface area (Å²) in [6.45, 7) is 1.84. The molecule has 2 amide bonds. The maximum absolute atomic E-state index is 13.0. The van der Waals surface area contributed by atoms with E-state index in [-0.39, 0.29) is 35.1 Å². The van der Waals surface area contributed by atoms with Crippen molar-refractivity contribution in [2.24, 2.45) is 5.92 Å². The predicted octanol–water partition coefficient (Wildman–Crippen LogP) is 4.21. The van der Waals surface area contributed by atoms with E-state index in [0.717, 1.165) is 25.0 Å². The molecule has 0 N–H and O–H groups in total. The van der Waals surface area contributed by atoms with Gasteiger partial charge < -0.3 is 19.0 Å². The normalized spacial score (nSPS) is 21.4. The first-order chi connectivity index (χ1) is 15.3. The summed E-state index contributed by atoms with van der Waals surface area (Å²) in [5, 5.41) is 0. The van der Waals surface area contributed by atoms with Gasteiger partial charge in [0.25, 0.3) is 11.8 Å². The Morgan fingerprint density at radius 2 is 1.81 bits per heavy atom. The van der Waals surface area contributed by atoms with Crippen LogP contribution in [-0.2, 0) is 17.5 Å². The van der Waals surface area contributed by atoms with Gasteiger partial charge in [-0.15, -0.1) is 0 Å². The maximum Gasteiger partial charge on any atom is 0.416 e. The minimum atomic E-state index is -4.43. The second-order valence-corrected chi connectivity index (χ2v) is 8.28. The van der Waals surface area contributed by atoms with Gasteiger partial charge in [0.05, 0.1) is 5.56 Å². The molecule has 4 rings (SSSR count). The highest BCUT2D eigenvalue weighted by Gasteiger charge is 2.40. The number of alkyl halides is 3. The number of rotatable bonds is 4. The molecule has 32 heavy (non-hydrogen) atoms. The second-order valence-electron chi connectivity index (χ2n) is 8.28. The summed E-state index contributed by atoms with van der Waals surface area (Å²) < 4.78 is 49.0. The van der Waals surface area contributed by atoms with Crippen molar-refractivity contribution in [1.82, 2.24) is 9.80 Å². The van der Waals surface area contributed by atoms with Crippen molar-refractivity contribution in [3.05, 3.63) is 59.0 Å². The molecule has 2 aliphatic heterocycles. The van der Waals surface area contributed by atoms with Crippen LogP contribution < -0.4 is 0 Å². The van der Waals surface area contributed by atoms with Crippen LogP contribution in [0.3, 0.4) is 0 Å². The molecule has 0 radical (unpaired) electrons. The number of fused-ring (bicyclic) bond motifs is 1. The van der Waals surface area contributed by atoms with E-state index in [0.29, 0.717) is 38.4 Å². The lowest BCUT2D eigenvalue weighted by molar-refractivity contribution is -0.137. The van der Waals surface area contributed by atoms with Crippen molar-refractivity contribution in [2.75, 3.05) is 26.7 Å². The largest absolute Gasteiger partial charge is 0.453 e. The fourth-order valence-corrected chi connectivity index (χ4v) is 4.68. The van der Waals surface area contributed by atoms with Crippen LogP contribution in [0.2, 0.25) is 0 Å². The van der Waals surface area contributed by atoms with E-state index in [1.54, 1.807) is 24.1 Å². The molecule has 172 valence electrons. The summed E-state index contributed by atoms with van der Waals surface area (Å²) in [4.78, 5) is 29.4. The molecule has 2 saturated heterocycles. The summed E-state index contributed by atoms with van der Waals surface area (Å²) in [6, 6.07) is 7.70. The van der Waals surface area contributed by atoms with Crippen LogP contribution >= 0.6 is 0 Å². The topological polar surface area (TPSA) is 63.0 Å². The first-order valence-corrected chi connectivity index (χ1v) is 10.6. The summed E-state index contributed by atoms with van der Waals surface area (Å²) in [5.41, 5.74) is -0.540.